The van der Waals surface area contributed by atoms with E-state index in [0.717, 1.165) is 44.5 Å². The first kappa shape index (κ1) is 17.6. The van der Waals surface area contributed by atoms with Crippen LogP contribution < -0.4 is 5.32 Å². The van der Waals surface area contributed by atoms with Gasteiger partial charge in [-0.05, 0) is 56.0 Å². The Balaban J connectivity index is 1.39. The smallest absolute Gasteiger partial charge is 0.224 e. The minimum absolute atomic E-state index is 0.101. The number of piperidine rings is 1. The van der Waals surface area contributed by atoms with Gasteiger partial charge in [0.05, 0.1) is 6.42 Å². The molecule has 1 fully saturated rings. The normalized spacial score (nSPS) is 18.0. The zero-order valence-electron chi connectivity index (χ0n) is 14.7. The number of carbonyl (C=O) groups is 1. The number of hydrogen-bond acceptors (Lipinski definition) is 3. The third-order valence-electron chi connectivity index (χ3n) is 4.74. The second-order valence-electron chi connectivity index (χ2n) is 6.83. The van der Waals surface area contributed by atoms with Crippen molar-refractivity contribution < 1.29 is 4.79 Å². The van der Waals surface area contributed by atoms with E-state index in [1.807, 2.05) is 12.1 Å². The maximum atomic E-state index is 12.2. The molecule has 1 aromatic carbocycles. The van der Waals surface area contributed by atoms with Gasteiger partial charge < -0.3 is 10.2 Å². The molecule has 25 heavy (non-hydrogen) atoms. The molecule has 132 valence electrons. The summed E-state index contributed by atoms with van der Waals surface area (Å²) in [5.41, 5.74) is 2.37. The molecule has 0 saturated carbocycles. The van der Waals surface area contributed by atoms with Gasteiger partial charge in [0.2, 0.25) is 5.91 Å². The van der Waals surface area contributed by atoms with Crippen LogP contribution in [-0.2, 0) is 17.6 Å². The molecule has 1 amide bonds. The molecule has 1 N–H and O–H groups in total. The lowest BCUT2D eigenvalue weighted by Crippen LogP contribution is -2.48. The number of rotatable bonds is 7. The van der Waals surface area contributed by atoms with E-state index in [-0.39, 0.29) is 11.9 Å². The number of nitrogens with one attached hydrogen (secondary N) is 1. The van der Waals surface area contributed by atoms with Crippen molar-refractivity contribution >= 4 is 5.91 Å². The lowest BCUT2D eigenvalue weighted by molar-refractivity contribution is -0.121. The molecule has 1 unspecified atom stereocenters. The van der Waals surface area contributed by atoms with Crippen molar-refractivity contribution in [3.05, 3.63) is 66.0 Å². The van der Waals surface area contributed by atoms with Crippen molar-refractivity contribution in [2.24, 2.45) is 0 Å². The number of benzene rings is 1. The van der Waals surface area contributed by atoms with E-state index in [1.54, 1.807) is 12.4 Å². The molecule has 4 heteroatoms. The number of carbonyl (C=O) groups excluding carboxylic acids is 1. The number of pyridine rings is 1. The standard InChI is InChI=1S/C21H27N3O/c25-21(15-19-9-4-12-22-16-19)23-20-11-6-14-24(17-20)13-5-10-18-7-2-1-3-8-18/h1-4,7-9,12,16,20H,5-6,10-11,13-15,17H2,(H,23,25). The highest BCUT2D eigenvalue weighted by molar-refractivity contribution is 5.78. The summed E-state index contributed by atoms with van der Waals surface area (Å²) in [6.07, 6.45) is 8.43. The molecule has 1 aliphatic heterocycles. The Morgan fingerprint density at radius 2 is 2.00 bits per heavy atom. The zero-order valence-corrected chi connectivity index (χ0v) is 14.7. The van der Waals surface area contributed by atoms with Gasteiger partial charge in [-0.25, -0.2) is 0 Å². The summed E-state index contributed by atoms with van der Waals surface area (Å²) in [5, 5.41) is 3.20. The highest BCUT2D eigenvalue weighted by Crippen LogP contribution is 2.12. The maximum Gasteiger partial charge on any atom is 0.224 e. The quantitative estimate of drug-likeness (QED) is 0.845. The van der Waals surface area contributed by atoms with Gasteiger partial charge in [0.25, 0.3) is 0 Å². The molecule has 1 aliphatic rings. The van der Waals surface area contributed by atoms with E-state index in [1.165, 1.54) is 12.0 Å². The molecule has 3 rings (SSSR count). The average molecular weight is 337 g/mol. The van der Waals surface area contributed by atoms with E-state index in [0.29, 0.717) is 6.42 Å². The Kier molecular flexibility index (Phi) is 6.57. The molecular weight excluding hydrogens is 310 g/mol. The Labute approximate surface area is 150 Å². The van der Waals surface area contributed by atoms with Crippen LogP contribution in [0.1, 0.15) is 30.4 Å². The SMILES string of the molecule is O=C(Cc1cccnc1)NC1CCCN(CCCc2ccccc2)C1. The zero-order chi connectivity index (χ0) is 17.3. The van der Waals surface area contributed by atoms with Gasteiger partial charge in [-0.15, -0.1) is 0 Å². The third kappa shape index (κ3) is 5.98. The summed E-state index contributed by atoms with van der Waals surface area (Å²) in [4.78, 5) is 18.8. The van der Waals surface area contributed by atoms with Crippen molar-refractivity contribution in [1.82, 2.24) is 15.2 Å². The van der Waals surface area contributed by atoms with E-state index >= 15 is 0 Å². The molecule has 0 bridgehead atoms. The van der Waals surface area contributed by atoms with Crippen molar-refractivity contribution in [3.63, 3.8) is 0 Å². The van der Waals surface area contributed by atoms with Crippen molar-refractivity contribution in [3.8, 4) is 0 Å². The largest absolute Gasteiger partial charge is 0.352 e. The minimum atomic E-state index is 0.101. The monoisotopic (exact) mass is 337 g/mol. The second-order valence-corrected chi connectivity index (χ2v) is 6.83. The van der Waals surface area contributed by atoms with Gasteiger partial charge in [-0.1, -0.05) is 36.4 Å². The lowest BCUT2D eigenvalue weighted by Gasteiger charge is -2.33. The summed E-state index contributed by atoms with van der Waals surface area (Å²) in [6.45, 7) is 3.21. The molecule has 1 aromatic heterocycles. The van der Waals surface area contributed by atoms with Gasteiger partial charge >= 0.3 is 0 Å². The molecule has 1 saturated heterocycles. The van der Waals surface area contributed by atoms with E-state index in [4.69, 9.17) is 0 Å². The Bertz CT molecular complexity index is 645. The Hall–Kier alpha value is -2.20. The second kappa shape index (κ2) is 9.33. The van der Waals surface area contributed by atoms with Crippen LogP contribution >= 0.6 is 0 Å². The van der Waals surface area contributed by atoms with Crippen molar-refractivity contribution in [1.29, 1.82) is 0 Å². The number of likely N-dealkylation sites (tertiary alicyclic amines) is 1. The number of aryl methyl sites for hydroxylation is 1. The fourth-order valence-electron chi connectivity index (χ4n) is 3.49. The summed E-state index contributed by atoms with van der Waals surface area (Å²) in [6, 6.07) is 14.7. The average Bonchev–Trinajstić information content (AvgIpc) is 2.64. The van der Waals surface area contributed by atoms with Crippen LogP contribution in [0.3, 0.4) is 0 Å². The lowest BCUT2D eigenvalue weighted by atomic mass is 10.0. The van der Waals surface area contributed by atoms with Gasteiger partial charge in [0.1, 0.15) is 0 Å². The fourth-order valence-corrected chi connectivity index (χ4v) is 3.49. The first-order valence-electron chi connectivity index (χ1n) is 9.24. The number of nitrogens with zero attached hydrogens (tertiary/aromatic N) is 2. The first-order chi connectivity index (χ1) is 12.3. The third-order valence-corrected chi connectivity index (χ3v) is 4.74. The van der Waals surface area contributed by atoms with E-state index in [2.05, 4.69) is 45.5 Å². The predicted molar refractivity (Wildman–Crippen MR) is 100 cm³/mol. The van der Waals surface area contributed by atoms with Crippen LogP contribution in [0.15, 0.2) is 54.9 Å². The molecule has 0 spiro atoms. The molecular formula is C21H27N3O. The molecule has 1 atom stereocenters. The molecule has 2 heterocycles. The summed E-state index contributed by atoms with van der Waals surface area (Å²) in [7, 11) is 0. The molecule has 0 radical (unpaired) electrons. The van der Waals surface area contributed by atoms with Gasteiger partial charge in [-0.2, -0.15) is 0 Å². The molecule has 2 aromatic rings. The summed E-state index contributed by atoms with van der Waals surface area (Å²) < 4.78 is 0. The van der Waals surface area contributed by atoms with Crippen molar-refractivity contribution in [2.45, 2.75) is 38.1 Å². The van der Waals surface area contributed by atoms with Crippen LogP contribution in [-0.4, -0.2) is 41.5 Å². The number of amides is 1. The summed E-state index contributed by atoms with van der Waals surface area (Å²) in [5.74, 6) is 0.101. The van der Waals surface area contributed by atoms with Crippen LogP contribution in [0, 0.1) is 0 Å². The number of hydrogen-bond donors (Lipinski definition) is 1. The van der Waals surface area contributed by atoms with Crippen LogP contribution in [0.5, 0.6) is 0 Å². The Morgan fingerprint density at radius 1 is 1.16 bits per heavy atom. The maximum absolute atomic E-state index is 12.2. The van der Waals surface area contributed by atoms with E-state index in [9.17, 15) is 4.79 Å². The highest BCUT2D eigenvalue weighted by Gasteiger charge is 2.21. The van der Waals surface area contributed by atoms with Crippen LogP contribution in [0.4, 0.5) is 0 Å². The van der Waals surface area contributed by atoms with Crippen LogP contribution in [0.2, 0.25) is 0 Å². The minimum Gasteiger partial charge on any atom is -0.352 e. The van der Waals surface area contributed by atoms with Crippen molar-refractivity contribution in [2.75, 3.05) is 19.6 Å². The highest BCUT2D eigenvalue weighted by atomic mass is 16.1. The Morgan fingerprint density at radius 3 is 2.80 bits per heavy atom. The number of aromatic nitrogens is 1. The topological polar surface area (TPSA) is 45.2 Å². The van der Waals surface area contributed by atoms with Crippen LogP contribution in [0.25, 0.3) is 0 Å². The van der Waals surface area contributed by atoms with E-state index < -0.39 is 0 Å². The molecule has 0 aliphatic carbocycles. The first-order valence-corrected chi connectivity index (χ1v) is 9.24. The van der Waals surface area contributed by atoms with Gasteiger partial charge in [-0.3, -0.25) is 9.78 Å². The fraction of sp³-hybridized carbons (Fsp3) is 0.429. The van der Waals surface area contributed by atoms with Gasteiger partial charge in [0.15, 0.2) is 0 Å². The van der Waals surface area contributed by atoms with Gasteiger partial charge in [0, 0.05) is 25.0 Å². The molecule has 4 nitrogen and oxygen atoms in total. The predicted octanol–water partition coefficient (Wildman–Crippen LogP) is 2.84. The summed E-state index contributed by atoms with van der Waals surface area (Å²) >= 11 is 0.